The van der Waals surface area contributed by atoms with Gasteiger partial charge in [-0.05, 0) is 44.4 Å². The highest BCUT2D eigenvalue weighted by Gasteiger charge is 2.44. The number of carbonyl (C=O) groups is 1. The number of hydrogen-bond donors (Lipinski definition) is 1. The van der Waals surface area contributed by atoms with Crippen molar-refractivity contribution in [1.29, 1.82) is 0 Å². The number of nitrogens with zero attached hydrogens (tertiary/aromatic N) is 1. The lowest BCUT2D eigenvalue weighted by Gasteiger charge is -2.36. The molecule has 0 aliphatic carbocycles. The van der Waals surface area contributed by atoms with Crippen molar-refractivity contribution in [1.82, 2.24) is 9.88 Å². The normalized spacial score (nSPS) is 17.0. The third-order valence-electron chi connectivity index (χ3n) is 4.62. The first-order valence-electron chi connectivity index (χ1n) is 8.10. The van der Waals surface area contributed by atoms with Crippen molar-refractivity contribution in [2.75, 3.05) is 13.2 Å². The van der Waals surface area contributed by atoms with Gasteiger partial charge in [0.15, 0.2) is 10.7 Å². The third-order valence-corrected chi connectivity index (χ3v) is 6.43. The summed E-state index contributed by atoms with van der Waals surface area (Å²) in [6, 6.07) is 6.91. The average Bonchev–Trinajstić information content (AvgIpc) is 2.94. The summed E-state index contributed by atoms with van der Waals surface area (Å²) < 4.78 is 38.0. The molecule has 0 unspecified atom stereocenters. The summed E-state index contributed by atoms with van der Waals surface area (Å²) in [6.45, 7) is 3.70. The summed E-state index contributed by atoms with van der Waals surface area (Å²) in [4.78, 5) is 13.0. The Hall–Kier alpha value is -1.90. The summed E-state index contributed by atoms with van der Waals surface area (Å²) >= 11 is 6.08. The van der Waals surface area contributed by atoms with Gasteiger partial charge in [0.25, 0.3) is 10.0 Å². The van der Waals surface area contributed by atoms with Gasteiger partial charge in [0.1, 0.15) is 5.69 Å². The number of nitrogens with one attached hydrogen (secondary N) is 1. The molecule has 140 valence electrons. The van der Waals surface area contributed by atoms with E-state index < -0.39 is 21.3 Å². The topological polar surface area (TPSA) is 98.5 Å². The predicted molar refractivity (Wildman–Crippen MR) is 94.5 cm³/mol. The van der Waals surface area contributed by atoms with Crippen LogP contribution in [0.15, 0.2) is 33.7 Å². The van der Waals surface area contributed by atoms with Crippen LogP contribution in [-0.2, 0) is 25.0 Å². The number of benzene rings is 1. The Bertz CT molecular complexity index is 913. The summed E-state index contributed by atoms with van der Waals surface area (Å²) in [7, 11) is -4.11. The van der Waals surface area contributed by atoms with Crippen LogP contribution in [-0.4, -0.2) is 32.7 Å². The molecule has 0 saturated carbocycles. The van der Waals surface area contributed by atoms with Crippen LogP contribution in [0.3, 0.4) is 0 Å². The van der Waals surface area contributed by atoms with Crippen molar-refractivity contribution in [3.63, 3.8) is 0 Å². The molecule has 1 aliphatic heterocycles. The maximum atomic E-state index is 13.1. The van der Waals surface area contributed by atoms with Gasteiger partial charge in [0.05, 0.1) is 5.41 Å². The standard InChI is InChI=1S/C17H19ClN2O5S/c1-11-15(12(2)25-19-11)26(22,23)20-16(21)17(6-8-24-9-7-17)13-4-3-5-14(18)10-13/h3-5,10H,6-9H2,1-2H3,(H,20,21). The molecule has 1 fully saturated rings. The largest absolute Gasteiger partial charge is 0.381 e. The van der Waals surface area contributed by atoms with Crippen LogP contribution in [0.5, 0.6) is 0 Å². The van der Waals surface area contributed by atoms with Crippen molar-refractivity contribution in [3.8, 4) is 0 Å². The van der Waals surface area contributed by atoms with Gasteiger partial charge in [-0.1, -0.05) is 28.9 Å². The van der Waals surface area contributed by atoms with E-state index in [1.165, 1.54) is 13.8 Å². The molecule has 1 aromatic heterocycles. The maximum Gasteiger partial charge on any atom is 0.269 e. The van der Waals surface area contributed by atoms with E-state index in [4.69, 9.17) is 20.9 Å². The first-order chi connectivity index (χ1) is 12.3. The summed E-state index contributed by atoms with van der Waals surface area (Å²) in [5.74, 6) is -0.477. The van der Waals surface area contributed by atoms with Crippen molar-refractivity contribution in [3.05, 3.63) is 46.3 Å². The Morgan fingerprint density at radius 3 is 2.54 bits per heavy atom. The lowest BCUT2D eigenvalue weighted by Crippen LogP contribution is -2.49. The summed E-state index contributed by atoms with van der Waals surface area (Å²) in [6.07, 6.45) is 0.715. The van der Waals surface area contributed by atoms with Crippen LogP contribution in [0.1, 0.15) is 29.9 Å². The molecule has 0 atom stereocenters. The Kier molecular flexibility index (Phi) is 5.09. The van der Waals surface area contributed by atoms with Gasteiger partial charge in [-0.25, -0.2) is 13.1 Å². The van der Waals surface area contributed by atoms with Crippen molar-refractivity contribution >= 4 is 27.5 Å². The van der Waals surface area contributed by atoms with Crippen LogP contribution in [0.2, 0.25) is 5.02 Å². The zero-order valence-corrected chi connectivity index (χ0v) is 16.0. The fourth-order valence-electron chi connectivity index (χ4n) is 3.28. The second-order valence-corrected chi connectivity index (χ2v) is 8.35. The van der Waals surface area contributed by atoms with Gasteiger partial charge >= 0.3 is 0 Å². The van der Waals surface area contributed by atoms with E-state index in [1.54, 1.807) is 24.3 Å². The minimum atomic E-state index is -4.11. The van der Waals surface area contributed by atoms with Gasteiger partial charge in [-0.3, -0.25) is 4.79 Å². The van der Waals surface area contributed by atoms with Crippen LogP contribution < -0.4 is 4.72 Å². The molecule has 0 bridgehead atoms. The average molecular weight is 399 g/mol. The summed E-state index contributed by atoms with van der Waals surface area (Å²) in [5.41, 5.74) is -0.166. The zero-order chi connectivity index (χ0) is 18.9. The molecule has 1 N–H and O–H groups in total. The second kappa shape index (κ2) is 7.02. The number of sulfonamides is 1. The number of halogens is 1. The molecule has 1 saturated heterocycles. The lowest BCUT2D eigenvalue weighted by molar-refractivity contribution is -0.128. The Balaban J connectivity index is 1.99. The Morgan fingerprint density at radius 1 is 1.27 bits per heavy atom. The van der Waals surface area contributed by atoms with Gasteiger partial charge in [0.2, 0.25) is 5.91 Å². The van der Waals surface area contributed by atoms with Gasteiger partial charge < -0.3 is 9.26 Å². The quantitative estimate of drug-likeness (QED) is 0.849. The second-order valence-electron chi connectivity index (χ2n) is 6.29. The van der Waals surface area contributed by atoms with Gasteiger partial charge in [0, 0.05) is 18.2 Å². The fourth-order valence-corrected chi connectivity index (χ4v) is 4.86. The molecule has 0 radical (unpaired) electrons. The number of aryl methyl sites for hydroxylation is 2. The number of rotatable bonds is 4. The third kappa shape index (κ3) is 3.36. The molecule has 26 heavy (non-hydrogen) atoms. The molecule has 7 nitrogen and oxygen atoms in total. The zero-order valence-electron chi connectivity index (χ0n) is 14.4. The minimum absolute atomic E-state index is 0.112. The smallest absolute Gasteiger partial charge is 0.269 e. The molecule has 1 aliphatic rings. The Labute approximate surface area is 156 Å². The van der Waals surface area contributed by atoms with Crippen LogP contribution in [0, 0.1) is 13.8 Å². The van der Waals surface area contributed by atoms with E-state index in [9.17, 15) is 13.2 Å². The molecule has 3 rings (SSSR count). The van der Waals surface area contributed by atoms with Crippen LogP contribution in [0.25, 0.3) is 0 Å². The van der Waals surface area contributed by atoms with Crippen LogP contribution in [0.4, 0.5) is 0 Å². The number of aromatic nitrogens is 1. The molecule has 1 aromatic carbocycles. The fraction of sp³-hybridized carbons (Fsp3) is 0.412. The first kappa shape index (κ1) is 18.9. The number of ether oxygens (including phenoxy) is 1. The number of amides is 1. The molecule has 2 aromatic rings. The number of hydrogen-bond acceptors (Lipinski definition) is 6. The van der Waals surface area contributed by atoms with E-state index >= 15 is 0 Å². The Morgan fingerprint density at radius 2 is 1.96 bits per heavy atom. The lowest BCUT2D eigenvalue weighted by atomic mass is 9.73. The number of carbonyl (C=O) groups excluding carboxylic acids is 1. The van der Waals surface area contributed by atoms with Crippen LogP contribution >= 0.6 is 11.6 Å². The van der Waals surface area contributed by atoms with Crippen molar-refractivity contribution < 1.29 is 22.5 Å². The van der Waals surface area contributed by atoms with E-state index in [1.807, 2.05) is 0 Å². The summed E-state index contributed by atoms with van der Waals surface area (Å²) in [5, 5.41) is 4.13. The van der Waals surface area contributed by atoms with Gasteiger partial charge in [-0.15, -0.1) is 0 Å². The van der Waals surface area contributed by atoms with E-state index in [2.05, 4.69) is 9.88 Å². The molecular weight excluding hydrogens is 380 g/mol. The van der Waals surface area contributed by atoms with Crippen molar-refractivity contribution in [2.45, 2.75) is 37.0 Å². The SMILES string of the molecule is Cc1noc(C)c1S(=O)(=O)NC(=O)C1(c2cccc(Cl)c2)CCOCC1. The highest BCUT2D eigenvalue weighted by Crippen LogP contribution is 2.37. The van der Waals surface area contributed by atoms with Gasteiger partial charge in [-0.2, -0.15) is 0 Å². The molecule has 2 heterocycles. The molecule has 9 heteroatoms. The monoisotopic (exact) mass is 398 g/mol. The molecular formula is C17H19ClN2O5S. The van der Waals surface area contributed by atoms with E-state index in [0.717, 1.165) is 0 Å². The molecule has 1 amide bonds. The highest BCUT2D eigenvalue weighted by molar-refractivity contribution is 7.90. The highest BCUT2D eigenvalue weighted by atomic mass is 35.5. The molecule has 0 spiro atoms. The first-order valence-corrected chi connectivity index (χ1v) is 9.96. The van der Waals surface area contributed by atoms with E-state index in [-0.39, 0.29) is 16.3 Å². The van der Waals surface area contributed by atoms with Crippen molar-refractivity contribution in [2.24, 2.45) is 0 Å². The maximum absolute atomic E-state index is 13.1. The minimum Gasteiger partial charge on any atom is -0.381 e. The van der Waals surface area contributed by atoms with E-state index in [0.29, 0.717) is 36.6 Å². The predicted octanol–water partition coefficient (Wildman–Crippen LogP) is 2.50.